The summed E-state index contributed by atoms with van der Waals surface area (Å²) in [5.41, 5.74) is 9.30. The number of hydrogen-bond acceptors (Lipinski definition) is 8. The molecular formula is C25H30N6O3. The van der Waals surface area contributed by atoms with Crippen LogP contribution in [0.1, 0.15) is 36.0 Å². The van der Waals surface area contributed by atoms with Crippen molar-refractivity contribution in [1.29, 1.82) is 0 Å². The Morgan fingerprint density at radius 2 is 2.03 bits per heavy atom. The lowest BCUT2D eigenvalue weighted by Gasteiger charge is -2.19. The number of carbonyl (C=O) groups is 1. The SMILES string of the molecule is CN1CCCC1CCNC(=O)c1ccc(-c2ccc3nc(N)nc(OC4CCOC4)c3n2)cc1. The average Bonchev–Trinajstić information content (AvgIpc) is 3.50. The number of pyridine rings is 1. The fourth-order valence-electron chi connectivity index (χ4n) is 4.60. The molecule has 2 saturated heterocycles. The van der Waals surface area contributed by atoms with E-state index in [1.807, 2.05) is 36.4 Å². The van der Waals surface area contributed by atoms with Gasteiger partial charge in [-0.2, -0.15) is 4.98 Å². The number of carbonyl (C=O) groups excluding carboxylic acids is 1. The molecule has 0 aliphatic carbocycles. The van der Waals surface area contributed by atoms with Crippen LogP contribution in [-0.4, -0.2) is 71.3 Å². The predicted molar refractivity (Wildman–Crippen MR) is 130 cm³/mol. The number of nitrogen functional groups attached to an aromatic ring is 1. The number of fused-ring (bicyclic) bond motifs is 1. The maximum absolute atomic E-state index is 12.6. The highest BCUT2D eigenvalue weighted by Crippen LogP contribution is 2.27. The summed E-state index contributed by atoms with van der Waals surface area (Å²) in [5.74, 6) is 0.451. The lowest BCUT2D eigenvalue weighted by molar-refractivity contribution is 0.0950. The van der Waals surface area contributed by atoms with Crippen LogP contribution in [0.3, 0.4) is 0 Å². The molecule has 2 atom stereocenters. The zero-order chi connectivity index (χ0) is 23.5. The van der Waals surface area contributed by atoms with E-state index >= 15 is 0 Å². The van der Waals surface area contributed by atoms with Crippen LogP contribution in [-0.2, 0) is 4.74 Å². The summed E-state index contributed by atoms with van der Waals surface area (Å²) in [4.78, 5) is 28.2. The lowest BCUT2D eigenvalue weighted by atomic mass is 10.1. The van der Waals surface area contributed by atoms with Crippen LogP contribution >= 0.6 is 0 Å². The molecule has 1 aromatic carbocycles. The largest absolute Gasteiger partial charge is 0.470 e. The summed E-state index contributed by atoms with van der Waals surface area (Å²) in [6.07, 6.45) is 4.15. The van der Waals surface area contributed by atoms with Gasteiger partial charge in [-0.3, -0.25) is 4.79 Å². The van der Waals surface area contributed by atoms with Gasteiger partial charge in [-0.15, -0.1) is 0 Å². The second kappa shape index (κ2) is 9.90. The summed E-state index contributed by atoms with van der Waals surface area (Å²) >= 11 is 0. The smallest absolute Gasteiger partial charge is 0.251 e. The highest BCUT2D eigenvalue weighted by atomic mass is 16.5. The van der Waals surface area contributed by atoms with Crippen molar-refractivity contribution in [3.8, 4) is 17.1 Å². The molecule has 34 heavy (non-hydrogen) atoms. The molecule has 9 heteroatoms. The topological polar surface area (TPSA) is 115 Å². The number of ether oxygens (including phenoxy) is 2. The number of benzene rings is 1. The van der Waals surface area contributed by atoms with Gasteiger partial charge in [0.25, 0.3) is 5.91 Å². The summed E-state index contributed by atoms with van der Waals surface area (Å²) in [6.45, 7) is 3.01. The van der Waals surface area contributed by atoms with Gasteiger partial charge in [0.15, 0.2) is 5.52 Å². The highest BCUT2D eigenvalue weighted by molar-refractivity contribution is 5.94. The van der Waals surface area contributed by atoms with E-state index in [1.54, 1.807) is 0 Å². The van der Waals surface area contributed by atoms with Crippen molar-refractivity contribution in [2.45, 2.75) is 37.8 Å². The zero-order valence-corrected chi connectivity index (χ0v) is 19.4. The molecule has 2 unspecified atom stereocenters. The molecule has 5 rings (SSSR count). The fraction of sp³-hybridized carbons (Fsp3) is 0.440. The van der Waals surface area contributed by atoms with E-state index in [0.717, 1.165) is 30.6 Å². The molecule has 0 bridgehead atoms. The molecule has 4 heterocycles. The number of nitrogens with two attached hydrogens (primary N) is 1. The van der Waals surface area contributed by atoms with E-state index in [9.17, 15) is 4.79 Å². The summed E-state index contributed by atoms with van der Waals surface area (Å²) in [7, 11) is 2.15. The van der Waals surface area contributed by atoms with Crippen LogP contribution < -0.4 is 15.8 Å². The summed E-state index contributed by atoms with van der Waals surface area (Å²) < 4.78 is 11.4. The number of nitrogens with one attached hydrogen (secondary N) is 1. The average molecular weight is 463 g/mol. The minimum atomic E-state index is -0.0742. The van der Waals surface area contributed by atoms with Crippen LogP contribution in [0, 0.1) is 0 Å². The number of hydrogen-bond donors (Lipinski definition) is 2. The van der Waals surface area contributed by atoms with Gasteiger partial charge in [0.1, 0.15) is 6.10 Å². The molecule has 0 saturated carbocycles. The minimum Gasteiger partial charge on any atom is -0.470 e. The number of aromatic nitrogens is 3. The van der Waals surface area contributed by atoms with Crippen LogP contribution in [0.4, 0.5) is 5.95 Å². The highest BCUT2D eigenvalue weighted by Gasteiger charge is 2.22. The van der Waals surface area contributed by atoms with E-state index < -0.39 is 0 Å². The van der Waals surface area contributed by atoms with Crippen LogP contribution in [0.15, 0.2) is 36.4 Å². The summed E-state index contributed by atoms with van der Waals surface area (Å²) in [6, 6.07) is 11.7. The number of anilines is 1. The van der Waals surface area contributed by atoms with Crippen molar-refractivity contribution < 1.29 is 14.3 Å². The predicted octanol–water partition coefficient (Wildman–Crippen LogP) is 2.66. The Morgan fingerprint density at radius 3 is 2.76 bits per heavy atom. The molecule has 0 spiro atoms. The van der Waals surface area contributed by atoms with Gasteiger partial charge in [0.2, 0.25) is 11.8 Å². The van der Waals surface area contributed by atoms with E-state index in [1.165, 1.54) is 12.8 Å². The summed E-state index contributed by atoms with van der Waals surface area (Å²) in [5, 5.41) is 3.04. The maximum atomic E-state index is 12.6. The normalized spacial score (nSPS) is 20.6. The Bertz CT molecular complexity index is 1160. The molecule has 3 aromatic rings. The third kappa shape index (κ3) is 4.95. The Hall–Kier alpha value is -3.30. The van der Waals surface area contributed by atoms with E-state index in [2.05, 4.69) is 27.2 Å². The minimum absolute atomic E-state index is 0.0583. The molecule has 178 valence electrons. The molecular weight excluding hydrogens is 432 g/mol. The third-order valence-electron chi connectivity index (χ3n) is 6.57. The van der Waals surface area contributed by atoms with Crippen molar-refractivity contribution >= 4 is 22.9 Å². The first-order chi connectivity index (χ1) is 16.6. The lowest BCUT2D eigenvalue weighted by Crippen LogP contribution is -2.31. The molecule has 2 aliphatic heterocycles. The third-order valence-corrected chi connectivity index (χ3v) is 6.57. The van der Waals surface area contributed by atoms with Gasteiger partial charge in [-0.25, -0.2) is 9.97 Å². The van der Waals surface area contributed by atoms with E-state index in [4.69, 9.17) is 20.2 Å². The first-order valence-corrected chi connectivity index (χ1v) is 11.8. The van der Waals surface area contributed by atoms with Crippen molar-refractivity contribution in [3.63, 3.8) is 0 Å². The Balaban J connectivity index is 1.29. The Morgan fingerprint density at radius 1 is 1.18 bits per heavy atom. The molecule has 0 radical (unpaired) electrons. The van der Waals surface area contributed by atoms with E-state index in [-0.39, 0.29) is 18.0 Å². The monoisotopic (exact) mass is 462 g/mol. The van der Waals surface area contributed by atoms with Crippen molar-refractivity contribution in [2.75, 3.05) is 39.1 Å². The van der Waals surface area contributed by atoms with Gasteiger partial charge in [0, 0.05) is 30.1 Å². The first kappa shape index (κ1) is 22.5. The van der Waals surface area contributed by atoms with Crippen molar-refractivity contribution in [2.24, 2.45) is 0 Å². The van der Waals surface area contributed by atoms with Crippen LogP contribution in [0.2, 0.25) is 0 Å². The standard InChI is InChI=1S/C25H30N6O3/c1-31-13-2-3-18(31)10-12-27-23(32)17-6-4-16(5-7-17)20-8-9-21-22(28-20)24(30-25(26)29-21)34-19-11-14-33-15-19/h4-9,18-19H,2-3,10-15H2,1H3,(H,27,32)(H2,26,29,30). The van der Waals surface area contributed by atoms with Gasteiger partial charge in [-0.05, 0) is 57.1 Å². The molecule has 1 amide bonds. The number of likely N-dealkylation sites (tertiary alicyclic amines) is 1. The molecule has 3 N–H and O–H groups in total. The van der Waals surface area contributed by atoms with Crippen molar-refractivity contribution in [3.05, 3.63) is 42.0 Å². The first-order valence-electron chi connectivity index (χ1n) is 11.8. The maximum Gasteiger partial charge on any atom is 0.251 e. The van der Waals surface area contributed by atoms with Gasteiger partial charge < -0.3 is 25.4 Å². The van der Waals surface area contributed by atoms with Crippen LogP contribution in [0.5, 0.6) is 5.88 Å². The number of amides is 1. The molecule has 2 aliphatic rings. The van der Waals surface area contributed by atoms with Crippen molar-refractivity contribution in [1.82, 2.24) is 25.2 Å². The zero-order valence-electron chi connectivity index (χ0n) is 19.4. The molecule has 9 nitrogen and oxygen atoms in total. The number of nitrogens with zero attached hydrogens (tertiary/aromatic N) is 4. The Kier molecular flexibility index (Phi) is 6.55. The quantitative estimate of drug-likeness (QED) is 0.551. The second-order valence-corrected chi connectivity index (χ2v) is 8.95. The van der Waals surface area contributed by atoms with Crippen LogP contribution in [0.25, 0.3) is 22.3 Å². The van der Waals surface area contributed by atoms with Gasteiger partial charge in [0.05, 0.1) is 24.4 Å². The fourth-order valence-corrected chi connectivity index (χ4v) is 4.60. The van der Waals surface area contributed by atoms with Gasteiger partial charge in [-0.1, -0.05) is 12.1 Å². The Labute approximate surface area is 198 Å². The van der Waals surface area contributed by atoms with E-state index in [0.29, 0.717) is 48.3 Å². The molecule has 2 fully saturated rings. The molecule has 2 aromatic heterocycles. The number of rotatable bonds is 7. The van der Waals surface area contributed by atoms with Gasteiger partial charge >= 0.3 is 0 Å². The second-order valence-electron chi connectivity index (χ2n) is 8.95.